The number of nitrogens with two attached hydrogens (primary N) is 1. The van der Waals surface area contributed by atoms with Crippen LogP contribution in [0.4, 0.5) is 14.6 Å². The van der Waals surface area contributed by atoms with Crippen molar-refractivity contribution in [2.75, 3.05) is 12.8 Å². The number of likely N-dealkylation sites (N-methyl/N-ethyl adjacent to an activating group) is 1. The highest BCUT2D eigenvalue weighted by Crippen LogP contribution is 2.26. The van der Waals surface area contributed by atoms with Gasteiger partial charge in [-0.25, -0.2) is 13.8 Å². The molecular weight excluding hydrogens is 284 g/mol. The van der Waals surface area contributed by atoms with Crippen LogP contribution in [0.3, 0.4) is 0 Å². The molecule has 1 heterocycles. The van der Waals surface area contributed by atoms with E-state index in [-0.39, 0.29) is 6.04 Å². The Morgan fingerprint density at radius 3 is 2.75 bits per heavy atom. The predicted molar refractivity (Wildman–Crippen MR) is 75.5 cm³/mol. The molecule has 1 aromatic heterocycles. The van der Waals surface area contributed by atoms with Crippen LogP contribution in [0, 0.1) is 11.6 Å². The first-order chi connectivity index (χ1) is 9.51. The Balaban J connectivity index is 2.31. The minimum atomic E-state index is -0.601. The topological polar surface area (TPSA) is 50.9 Å². The van der Waals surface area contributed by atoms with Crippen molar-refractivity contribution in [2.24, 2.45) is 0 Å². The summed E-state index contributed by atoms with van der Waals surface area (Å²) in [6.45, 7) is 0. The molecule has 2 rings (SSSR count). The highest BCUT2D eigenvalue weighted by molar-refractivity contribution is 6.30. The average molecular weight is 298 g/mol. The zero-order chi connectivity index (χ0) is 14.7. The lowest BCUT2D eigenvalue weighted by atomic mass is 9.99. The second-order valence-electron chi connectivity index (χ2n) is 4.41. The Labute approximate surface area is 120 Å². The number of aromatic nitrogens is 1. The molecule has 0 saturated carbocycles. The van der Waals surface area contributed by atoms with E-state index in [0.717, 1.165) is 6.07 Å². The highest BCUT2D eigenvalue weighted by Gasteiger charge is 2.17. The molecule has 0 spiro atoms. The van der Waals surface area contributed by atoms with Gasteiger partial charge >= 0.3 is 0 Å². The van der Waals surface area contributed by atoms with Crippen LogP contribution >= 0.6 is 11.6 Å². The number of rotatable bonds is 4. The number of pyridine rings is 1. The van der Waals surface area contributed by atoms with Gasteiger partial charge in [0, 0.05) is 23.9 Å². The molecule has 0 fully saturated rings. The normalized spacial score (nSPS) is 12.4. The van der Waals surface area contributed by atoms with E-state index >= 15 is 0 Å². The van der Waals surface area contributed by atoms with E-state index < -0.39 is 11.6 Å². The molecule has 0 aliphatic carbocycles. The van der Waals surface area contributed by atoms with Gasteiger partial charge in [0.05, 0.1) is 5.02 Å². The van der Waals surface area contributed by atoms with Crippen molar-refractivity contribution in [3.8, 4) is 0 Å². The largest absolute Gasteiger partial charge is 0.383 e. The van der Waals surface area contributed by atoms with E-state index in [0.29, 0.717) is 28.4 Å². The molecule has 0 radical (unpaired) electrons. The van der Waals surface area contributed by atoms with E-state index in [2.05, 4.69) is 10.3 Å². The summed E-state index contributed by atoms with van der Waals surface area (Å²) >= 11 is 5.90. The molecule has 1 unspecified atom stereocenters. The maximum Gasteiger partial charge on any atom is 0.129 e. The van der Waals surface area contributed by atoms with Crippen LogP contribution in [0.5, 0.6) is 0 Å². The van der Waals surface area contributed by atoms with Crippen LogP contribution in [-0.4, -0.2) is 12.0 Å². The number of benzene rings is 1. The molecule has 2 aromatic rings. The Morgan fingerprint density at radius 2 is 2.10 bits per heavy atom. The Hall–Kier alpha value is -1.72. The molecule has 0 amide bonds. The quantitative estimate of drug-likeness (QED) is 0.912. The summed E-state index contributed by atoms with van der Waals surface area (Å²) in [6.07, 6.45) is 1.76. The van der Waals surface area contributed by atoms with Crippen molar-refractivity contribution in [2.45, 2.75) is 12.5 Å². The van der Waals surface area contributed by atoms with Gasteiger partial charge in [0.15, 0.2) is 0 Å². The lowest BCUT2D eigenvalue weighted by molar-refractivity contribution is 0.541. The second kappa shape index (κ2) is 6.15. The summed E-state index contributed by atoms with van der Waals surface area (Å²) in [7, 11) is 1.73. The summed E-state index contributed by atoms with van der Waals surface area (Å²) in [5.41, 5.74) is 6.90. The van der Waals surface area contributed by atoms with Gasteiger partial charge in [-0.05, 0) is 31.2 Å². The number of nitrogen functional groups attached to an aromatic ring is 1. The summed E-state index contributed by atoms with van der Waals surface area (Å²) in [5.74, 6) is -0.855. The number of nitrogens with one attached hydrogen (secondary N) is 1. The SMILES string of the molecule is CNC(Cc1ccc(F)cc1F)c1cc(Cl)cnc1N. The number of nitrogens with zero attached hydrogens (tertiary/aromatic N) is 1. The molecule has 0 saturated heterocycles. The van der Waals surface area contributed by atoms with Crippen molar-refractivity contribution >= 4 is 17.4 Å². The van der Waals surface area contributed by atoms with Gasteiger partial charge in [-0.2, -0.15) is 0 Å². The molecule has 3 nitrogen and oxygen atoms in total. The maximum atomic E-state index is 13.7. The smallest absolute Gasteiger partial charge is 0.129 e. The first-order valence-corrected chi connectivity index (χ1v) is 6.41. The molecular formula is C14H14ClF2N3. The van der Waals surface area contributed by atoms with Crippen LogP contribution < -0.4 is 11.1 Å². The van der Waals surface area contributed by atoms with Crippen molar-refractivity contribution in [1.82, 2.24) is 10.3 Å². The zero-order valence-electron chi connectivity index (χ0n) is 10.8. The van der Waals surface area contributed by atoms with Crippen LogP contribution in [0.1, 0.15) is 17.2 Å². The van der Waals surface area contributed by atoms with Gasteiger partial charge in [0.1, 0.15) is 17.5 Å². The number of hydrogen-bond donors (Lipinski definition) is 2. The van der Waals surface area contributed by atoms with Crippen molar-refractivity contribution in [3.63, 3.8) is 0 Å². The third kappa shape index (κ3) is 3.23. The minimum absolute atomic E-state index is 0.263. The van der Waals surface area contributed by atoms with Crippen molar-refractivity contribution in [1.29, 1.82) is 0 Å². The van der Waals surface area contributed by atoms with Crippen molar-refractivity contribution < 1.29 is 8.78 Å². The average Bonchev–Trinajstić information content (AvgIpc) is 2.41. The lowest BCUT2D eigenvalue weighted by Gasteiger charge is -2.18. The summed E-state index contributed by atoms with van der Waals surface area (Å²) in [4.78, 5) is 3.98. The molecule has 3 N–H and O–H groups in total. The number of halogens is 3. The molecule has 6 heteroatoms. The van der Waals surface area contributed by atoms with Gasteiger partial charge < -0.3 is 11.1 Å². The first-order valence-electron chi connectivity index (χ1n) is 6.03. The summed E-state index contributed by atoms with van der Waals surface area (Å²) in [5, 5.41) is 3.49. The monoisotopic (exact) mass is 297 g/mol. The fraction of sp³-hybridized carbons (Fsp3) is 0.214. The maximum absolute atomic E-state index is 13.7. The predicted octanol–water partition coefficient (Wildman–Crippen LogP) is 3.10. The lowest BCUT2D eigenvalue weighted by Crippen LogP contribution is -2.21. The van der Waals surface area contributed by atoms with E-state index in [1.807, 2.05) is 0 Å². The van der Waals surface area contributed by atoms with Crippen LogP contribution in [0.2, 0.25) is 5.02 Å². The van der Waals surface area contributed by atoms with E-state index in [9.17, 15) is 8.78 Å². The second-order valence-corrected chi connectivity index (χ2v) is 4.85. The summed E-state index contributed by atoms with van der Waals surface area (Å²) in [6, 6.07) is 4.93. The third-order valence-corrected chi connectivity index (χ3v) is 3.29. The first kappa shape index (κ1) is 14.7. The minimum Gasteiger partial charge on any atom is -0.383 e. The molecule has 0 bridgehead atoms. The van der Waals surface area contributed by atoms with Crippen LogP contribution in [-0.2, 0) is 6.42 Å². The molecule has 20 heavy (non-hydrogen) atoms. The van der Waals surface area contributed by atoms with Gasteiger partial charge in [0.25, 0.3) is 0 Å². The van der Waals surface area contributed by atoms with Gasteiger partial charge in [0.2, 0.25) is 0 Å². The highest BCUT2D eigenvalue weighted by atomic mass is 35.5. The standard InChI is InChI=1S/C14H14ClF2N3/c1-19-13(11-5-9(15)7-20-14(11)18)4-8-2-3-10(16)6-12(8)17/h2-3,5-7,13,19H,4H2,1H3,(H2,18,20). The van der Waals surface area contributed by atoms with Crippen LogP contribution in [0.25, 0.3) is 0 Å². The zero-order valence-corrected chi connectivity index (χ0v) is 11.6. The fourth-order valence-corrected chi connectivity index (χ4v) is 2.19. The molecule has 0 aliphatic heterocycles. The van der Waals surface area contributed by atoms with Crippen LogP contribution in [0.15, 0.2) is 30.5 Å². The summed E-state index contributed by atoms with van der Waals surface area (Å²) < 4.78 is 26.6. The van der Waals surface area contributed by atoms with Gasteiger partial charge in [-0.15, -0.1) is 0 Å². The Bertz CT molecular complexity index is 619. The molecule has 0 aliphatic rings. The van der Waals surface area contributed by atoms with Crippen molar-refractivity contribution in [3.05, 3.63) is 58.2 Å². The molecule has 106 valence electrons. The Morgan fingerprint density at radius 1 is 1.35 bits per heavy atom. The molecule has 1 atom stereocenters. The van der Waals surface area contributed by atoms with Gasteiger partial charge in [-0.3, -0.25) is 0 Å². The van der Waals surface area contributed by atoms with Gasteiger partial charge in [-0.1, -0.05) is 17.7 Å². The van der Waals surface area contributed by atoms with E-state index in [1.165, 1.54) is 18.3 Å². The number of anilines is 1. The Kier molecular flexibility index (Phi) is 4.52. The van der Waals surface area contributed by atoms with E-state index in [4.69, 9.17) is 17.3 Å². The third-order valence-electron chi connectivity index (χ3n) is 3.08. The number of hydrogen-bond acceptors (Lipinski definition) is 3. The fourth-order valence-electron chi connectivity index (χ4n) is 2.02. The van der Waals surface area contributed by atoms with E-state index in [1.54, 1.807) is 13.1 Å². The molecule has 1 aromatic carbocycles.